The molecule has 2 heteroatoms. The van der Waals surface area contributed by atoms with Gasteiger partial charge in [-0.05, 0) is 19.8 Å². The van der Waals surface area contributed by atoms with Crippen LogP contribution in [0.5, 0.6) is 0 Å². The number of nitrogens with one attached hydrogen (secondary N) is 1. The summed E-state index contributed by atoms with van der Waals surface area (Å²) in [4.78, 5) is 0. The van der Waals surface area contributed by atoms with E-state index in [9.17, 15) is 0 Å². The molecular weight excluding hydrogens is 126 g/mol. The molecule has 0 aromatic rings. The molecule has 0 saturated heterocycles. The molecule has 2 nitrogen and oxygen atoms in total. The molecule has 0 aliphatic carbocycles. The third-order valence-electron chi connectivity index (χ3n) is 1.35. The predicted octanol–water partition coefficient (Wildman–Crippen LogP) is 0.370. The van der Waals surface area contributed by atoms with E-state index in [0.717, 1.165) is 12.8 Å². The van der Waals surface area contributed by atoms with E-state index >= 15 is 0 Å². The van der Waals surface area contributed by atoms with Gasteiger partial charge in [0.2, 0.25) is 0 Å². The van der Waals surface area contributed by atoms with Crippen molar-refractivity contribution in [3.05, 3.63) is 0 Å². The van der Waals surface area contributed by atoms with E-state index in [1.165, 1.54) is 0 Å². The molecule has 0 radical (unpaired) electrons. The van der Waals surface area contributed by atoms with Crippen molar-refractivity contribution >= 4 is 0 Å². The third-order valence-corrected chi connectivity index (χ3v) is 1.35. The van der Waals surface area contributed by atoms with Crippen molar-refractivity contribution in [1.82, 2.24) is 5.32 Å². The minimum Gasteiger partial charge on any atom is -0.396 e. The Morgan fingerprint density at radius 1 is 1.70 bits per heavy atom. The van der Waals surface area contributed by atoms with Crippen LogP contribution in [0.1, 0.15) is 19.8 Å². The summed E-state index contributed by atoms with van der Waals surface area (Å²) >= 11 is 0. The maximum atomic E-state index is 8.47. The first-order valence-electron chi connectivity index (χ1n) is 3.59. The zero-order valence-electron chi connectivity index (χ0n) is 6.43. The number of rotatable bonds is 5. The molecule has 2 N–H and O–H groups in total. The summed E-state index contributed by atoms with van der Waals surface area (Å²) in [6.45, 7) is 2.95. The Labute approximate surface area is 62.6 Å². The first-order chi connectivity index (χ1) is 4.81. The molecule has 0 aliphatic heterocycles. The van der Waals surface area contributed by atoms with E-state index in [1.807, 2.05) is 0 Å². The van der Waals surface area contributed by atoms with Gasteiger partial charge < -0.3 is 10.4 Å². The zero-order valence-corrected chi connectivity index (χ0v) is 6.43. The van der Waals surface area contributed by atoms with Gasteiger partial charge in [0.05, 0.1) is 6.54 Å². The molecule has 0 heterocycles. The molecular formula is C8H15NO. The van der Waals surface area contributed by atoms with Crippen LogP contribution in [0.3, 0.4) is 0 Å². The Kier molecular flexibility index (Phi) is 6.25. The van der Waals surface area contributed by atoms with Crippen LogP contribution in [0.4, 0.5) is 0 Å². The normalized spacial score (nSPS) is 12.5. The van der Waals surface area contributed by atoms with Crippen molar-refractivity contribution in [2.75, 3.05) is 13.2 Å². The molecule has 58 valence electrons. The lowest BCUT2D eigenvalue weighted by molar-refractivity contribution is 0.277. The Bertz CT molecular complexity index is 106. The van der Waals surface area contributed by atoms with Gasteiger partial charge >= 0.3 is 0 Å². The van der Waals surface area contributed by atoms with Crippen LogP contribution in [0.15, 0.2) is 0 Å². The van der Waals surface area contributed by atoms with Gasteiger partial charge in [0.1, 0.15) is 0 Å². The highest BCUT2D eigenvalue weighted by Crippen LogP contribution is 1.93. The van der Waals surface area contributed by atoms with E-state index in [2.05, 4.69) is 18.2 Å². The Morgan fingerprint density at radius 3 is 2.90 bits per heavy atom. The van der Waals surface area contributed by atoms with Crippen molar-refractivity contribution in [2.24, 2.45) is 0 Å². The fourth-order valence-electron chi connectivity index (χ4n) is 0.733. The molecule has 0 bridgehead atoms. The Morgan fingerprint density at radius 2 is 2.40 bits per heavy atom. The molecule has 0 saturated carbocycles. The van der Waals surface area contributed by atoms with Gasteiger partial charge in [-0.25, -0.2) is 0 Å². The molecule has 0 aromatic carbocycles. The fourth-order valence-corrected chi connectivity index (χ4v) is 0.733. The van der Waals surface area contributed by atoms with E-state index in [0.29, 0.717) is 12.6 Å². The minimum atomic E-state index is 0.266. The first-order valence-corrected chi connectivity index (χ1v) is 3.59. The first kappa shape index (κ1) is 9.48. The van der Waals surface area contributed by atoms with Crippen LogP contribution in [0.25, 0.3) is 0 Å². The van der Waals surface area contributed by atoms with Crippen LogP contribution >= 0.6 is 0 Å². The second-order valence-electron chi connectivity index (χ2n) is 2.35. The highest BCUT2D eigenvalue weighted by molar-refractivity contribution is 4.87. The molecule has 1 unspecified atom stereocenters. The molecule has 0 amide bonds. The van der Waals surface area contributed by atoms with Crippen molar-refractivity contribution in [1.29, 1.82) is 0 Å². The molecule has 0 rings (SSSR count). The lowest BCUT2D eigenvalue weighted by Gasteiger charge is -2.09. The molecule has 10 heavy (non-hydrogen) atoms. The minimum absolute atomic E-state index is 0.266. The fraction of sp³-hybridized carbons (Fsp3) is 0.750. The Balaban J connectivity index is 3.10. The average Bonchev–Trinajstić information content (AvgIpc) is 1.97. The summed E-state index contributed by atoms with van der Waals surface area (Å²) in [6, 6.07) is 0.420. The maximum Gasteiger partial charge on any atom is 0.0575 e. The van der Waals surface area contributed by atoms with Gasteiger partial charge in [0, 0.05) is 12.6 Å². The van der Waals surface area contributed by atoms with Crippen LogP contribution < -0.4 is 5.32 Å². The van der Waals surface area contributed by atoms with Gasteiger partial charge in [0.15, 0.2) is 0 Å². The van der Waals surface area contributed by atoms with Gasteiger partial charge in [-0.1, -0.05) is 5.92 Å². The number of aliphatic hydroxyl groups is 1. The molecule has 0 spiro atoms. The lowest BCUT2D eigenvalue weighted by Crippen LogP contribution is -2.26. The number of hydrogen-bond acceptors (Lipinski definition) is 2. The summed E-state index contributed by atoms with van der Waals surface area (Å²) < 4.78 is 0. The monoisotopic (exact) mass is 141 g/mol. The lowest BCUT2D eigenvalue weighted by atomic mass is 10.2. The topological polar surface area (TPSA) is 32.3 Å². The number of aliphatic hydroxyl groups excluding tert-OH is 1. The van der Waals surface area contributed by atoms with E-state index in [-0.39, 0.29) is 6.61 Å². The van der Waals surface area contributed by atoms with Crippen LogP contribution in [-0.4, -0.2) is 24.3 Å². The third kappa shape index (κ3) is 5.61. The van der Waals surface area contributed by atoms with Crippen molar-refractivity contribution in [3.63, 3.8) is 0 Å². The van der Waals surface area contributed by atoms with Crippen molar-refractivity contribution in [3.8, 4) is 12.3 Å². The standard InChI is InChI=1S/C8H15NO/c1-3-6-9-8(2)5-4-7-10/h1,8-10H,4-7H2,2H3. The molecule has 0 aliphatic rings. The summed E-state index contributed by atoms with van der Waals surface area (Å²) in [6.07, 6.45) is 6.87. The smallest absolute Gasteiger partial charge is 0.0575 e. The highest BCUT2D eigenvalue weighted by atomic mass is 16.2. The van der Waals surface area contributed by atoms with E-state index < -0.39 is 0 Å². The maximum absolute atomic E-state index is 8.47. The number of hydrogen-bond donors (Lipinski definition) is 2. The number of terminal acetylenes is 1. The average molecular weight is 141 g/mol. The molecule has 1 atom stereocenters. The summed E-state index contributed by atoms with van der Waals surface area (Å²) in [5.74, 6) is 2.50. The Hall–Kier alpha value is -0.520. The molecule has 0 aromatic heterocycles. The van der Waals surface area contributed by atoms with Crippen molar-refractivity contribution < 1.29 is 5.11 Å². The second kappa shape index (κ2) is 6.60. The second-order valence-corrected chi connectivity index (χ2v) is 2.35. The zero-order chi connectivity index (χ0) is 7.82. The summed E-state index contributed by atoms with van der Waals surface area (Å²) in [7, 11) is 0. The van der Waals surface area contributed by atoms with Crippen LogP contribution in [0, 0.1) is 12.3 Å². The quantitative estimate of drug-likeness (QED) is 0.542. The van der Waals surface area contributed by atoms with Gasteiger partial charge in [-0.15, -0.1) is 6.42 Å². The van der Waals surface area contributed by atoms with Gasteiger partial charge in [-0.2, -0.15) is 0 Å². The summed E-state index contributed by atoms with van der Waals surface area (Å²) in [5.41, 5.74) is 0. The molecule has 0 fully saturated rings. The van der Waals surface area contributed by atoms with Crippen LogP contribution in [0.2, 0.25) is 0 Å². The van der Waals surface area contributed by atoms with Gasteiger partial charge in [0.25, 0.3) is 0 Å². The highest BCUT2D eigenvalue weighted by Gasteiger charge is 1.97. The SMILES string of the molecule is C#CCNC(C)CCCO. The largest absolute Gasteiger partial charge is 0.396 e. The van der Waals surface area contributed by atoms with E-state index in [4.69, 9.17) is 11.5 Å². The predicted molar refractivity (Wildman–Crippen MR) is 42.6 cm³/mol. The van der Waals surface area contributed by atoms with Crippen molar-refractivity contribution in [2.45, 2.75) is 25.8 Å². The van der Waals surface area contributed by atoms with Crippen LogP contribution in [-0.2, 0) is 0 Å². The summed E-state index contributed by atoms with van der Waals surface area (Å²) in [5, 5.41) is 11.6. The van der Waals surface area contributed by atoms with E-state index in [1.54, 1.807) is 0 Å². The van der Waals surface area contributed by atoms with Gasteiger partial charge in [-0.3, -0.25) is 0 Å².